The summed E-state index contributed by atoms with van der Waals surface area (Å²) in [4.78, 5) is 0. The number of halogens is 1. The van der Waals surface area contributed by atoms with Crippen molar-refractivity contribution in [2.45, 2.75) is 20.5 Å². The van der Waals surface area contributed by atoms with Gasteiger partial charge in [-0.15, -0.1) is 0 Å². The zero-order chi connectivity index (χ0) is 9.40. The predicted octanol–water partition coefficient (Wildman–Crippen LogP) is 3.51. The van der Waals surface area contributed by atoms with Crippen molar-refractivity contribution in [2.24, 2.45) is 0 Å². The van der Waals surface area contributed by atoms with E-state index >= 15 is 0 Å². The Morgan fingerprint density at radius 1 is 1.17 bits per heavy atom. The smallest absolute Gasteiger partial charge is 0.0713 e. The Morgan fingerprint density at radius 3 is 2.08 bits per heavy atom. The molecule has 1 rings (SSSR count). The van der Waals surface area contributed by atoms with E-state index in [2.05, 4.69) is 0 Å². The van der Waals surface area contributed by atoms with Crippen LogP contribution >= 0.6 is 11.6 Å². The average Bonchev–Trinajstić information content (AvgIpc) is 2.13. The van der Waals surface area contributed by atoms with Crippen LogP contribution in [0.1, 0.15) is 19.4 Å². The maximum atomic E-state index is 5.67. The molecular formula is C10H15ClO. The second-order valence-electron chi connectivity index (χ2n) is 2.06. The van der Waals surface area contributed by atoms with Crippen molar-refractivity contribution in [2.75, 3.05) is 7.11 Å². The normalized spacial score (nSPS) is 8.67. The number of hydrogen-bond donors (Lipinski definition) is 0. The summed E-state index contributed by atoms with van der Waals surface area (Å²) in [5, 5.41) is 0.764. The lowest BCUT2D eigenvalue weighted by Gasteiger charge is -1.97. The highest BCUT2D eigenvalue weighted by molar-refractivity contribution is 6.30. The van der Waals surface area contributed by atoms with Crippen LogP contribution in [0.2, 0.25) is 5.02 Å². The fourth-order valence-corrected chi connectivity index (χ4v) is 0.873. The first-order valence-corrected chi connectivity index (χ1v) is 4.44. The molecule has 0 fully saturated rings. The molecule has 0 aliphatic rings. The molecule has 0 spiro atoms. The van der Waals surface area contributed by atoms with Gasteiger partial charge in [-0.1, -0.05) is 37.6 Å². The topological polar surface area (TPSA) is 9.23 Å². The van der Waals surface area contributed by atoms with Gasteiger partial charge in [0.05, 0.1) is 6.61 Å². The number of ether oxygens (including phenoxy) is 1. The molecule has 0 atom stereocenters. The summed E-state index contributed by atoms with van der Waals surface area (Å²) in [6.45, 7) is 4.65. The summed E-state index contributed by atoms with van der Waals surface area (Å²) in [7, 11) is 1.68. The number of methoxy groups -OCH3 is 1. The summed E-state index contributed by atoms with van der Waals surface area (Å²) < 4.78 is 4.92. The standard InChI is InChI=1S/C8H9ClO.C2H6/c1-10-6-7-2-4-8(9)5-3-7;1-2/h2-5H,6H2,1H3;1-2H3. The highest BCUT2D eigenvalue weighted by Gasteiger charge is 1.89. The van der Waals surface area contributed by atoms with Crippen LogP contribution < -0.4 is 0 Å². The minimum Gasteiger partial charge on any atom is -0.380 e. The third kappa shape index (κ3) is 4.37. The Bertz CT molecular complexity index is 193. The monoisotopic (exact) mass is 186 g/mol. The average molecular weight is 187 g/mol. The fraction of sp³-hybridized carbons (Fsp3) is 0.400. The molecule has 12 heavy (non-hydrogen) atoms. The summed E-state index contributed by atoms with van der Waals surface area (Å²) in [6, 6.07) is 7.61. The van der Waals surface area contributed by atoms with Crippen LogP contribution in [0.15, 0.2) is 24.3 Å². The van der Waals surface area contributed by atoms with Crippen molar-refractivity contribution in [3.8, 4) is 0 Å². The number of rotatable bonds is 2. The molecule has 0 aromatic heterocycles. The van der Waals surface area contributed by atoms with Crippen LogP contribution in [0.5, 0.6) is 0 Å². The van der Waals surface area contributed by atoms with Crippen molar-refractivity contribution in [3.05, 3.63) is 34.9 Å². The molecule has 1 nitrogen and oxygen atoms in total. The van der Waals surface area contributed by atoms with Gasteiger partial charge in [-0.25, -0.2) is 0 Å². The Morgan fingerprint density at radius 2 is 1.67 bits per heavy atom. The van der Waals surface area contributed by atoms with E-state index in [1.165, 1.54) is 0 Å². The molecule has 0 unspecified atom stereocenters. The van der Waals surface area contributed by atoms with Crippen LogP contribution in [0.25, 0.3) is 0 Å². The molecule has 2 heteroatoms. The molecule has 0 heterocycles. The van der Waals surface area contributed by atoms with E-state index in [0.717, 1.165) is 10.6 Å². The van der Waals surface area contributed by atoms with Gasteiger partial charge in [0.1, 0.15) is 0 Å². The zero-order valence-electron chi connectivity index (χ0n) is 7.80. The lowest BCUT2D eigenvalue weighted by molar-refractivity contribution is 0.185. The SMILES string of the molecule is CC.COCc1ccc(Cl)cc1. The maximum absolute atomic E-state index is 5.67. The number of benzene rings is 1. The van der Waals surface area contributed by atoms with E-state index in [0.29, 0.717) is 6.61 Å². The van der Waals surface area contributed by atoms with E-state index < -0.39 is 0 Å². The summed E-state index contributed by atoms with van der Waals surface area (Å²) in [6.07, 6.45) is 0. The van der Waals surface area contributed by atoms with Crippen molar-refractivity contribution in [3.63, 3.8) is 0 Å². The van der Waals surface area contributed by atoms with Gasteiger partial charge in [0.2, 0.25) is 0 Å². The molecule has 0 aliphatic carbocycles. The van der Waals surface area contributed by atoms with E-state index in [1.807, 2.05) is 38.1 Å². The van der Waals surface area contributed by atoms with Crippen LogP contribution in [-0.4, -0.2) is 7.11 Å². The molecule has 0 N–H and O–H groups in total. The van der Waals surface area contributed by atoms with E-state index in [9.17, 15) is 0 Å². The molecule has 0 amide bonds. The third-order valence-electron chi connectivity index (χ3n) is 1.22. The highest BCUT2D eigenvalue weighted by atomic mass is 35.5. The fourth-order valence-electron chi connectivity index (χ4n) is 0.747. The Balaban J connectivity index is 0.000000561. The van der Waals surface area contributed by atoms with Gasteiger partial charge in [-0.05, 0) is 17.7 Å². The Labute approximate surface area is 79.3 Å². The first-order chi connectivity index (χ1) is 5.83. The first-order valence-electron chi connectivity index (χ1n) is 4.06. The number of hydrogen-bond acceptors (Lipinski definition) is 1. The summed E-state index contributed by atoms with van der Waals surface area (Å²) >= 11 is 5.67. The minimum atomic E-state index is 0.650. The van der Waals surface area contributed by atoms with Gasteiger partial charge in [-0.2, -0.15) is 0 Å². The molecular weight excluding hydrogens is 172 g/mol. The molecule has 68 valence electrons. The molecule has 0 saturated carbocycles. The van der Waals surface area contributed by atoms with Crippen LogP contribution in [0, 0.1) is 0 Å². The molecule has 1 aromatic rings. The van der Waals surface area contributed by atoms with Gasteiger partial charge in [-0.3, -0.25) is 0 Å². The van der Waals surface area contributed by atoms with Gasteiger partial charge < -0.3 is 4.74 Å². The second-order valence-corrected chi connectivity index (χ2v) is 2.50. The van der Waals surface area contributed by atoms with Gasteiger partial charge in [0.25, 0.3) is 0 Å². The molecule has 0 bridgehead atoms. The van der Waals surface area contributed by atoms with Crippen LogP contribution in [0.4, 0.5) is 0 Å². The van der Waals surface area contributed by atoms with Crippen LogP contribution in [0.3, 0.4) is 0 Å². The largest absolute Gasteiger partial charge is 0.380 e. The second kappa shape index (κ2) is 7.14. The van der Waals surface area contributed by atoms with Gasteiger partial charge in [0, 0.05) is 12.1 Å². The van der Waals surface area contributed by atoms with Gasteiger partial charge >= 0.3 is 0 Å². The molecule has 0 radical (unpaired) electrons. The minimum absolute atomic E-state index is 0.650. The van der Waals surface area contributed by atoms with E-state index in [1.54, 1.807) is 7.11 Å². The first kappa shape index (κ1) is 11.5. The van der Waals surface area contributed by atoms with Crippen LogP contribution in [-0.2, 0) is 11.3 Å². The molecule has 0 saturated heterocycles. The zero-order valence-corrected chi connectivity index (χ0v) is 8.56. The Hall–Kier alpha value is -0.530. The molecule has 1 aromatic carbocycles. The highest BCUT2D eigenvalue weighted by Crippen LogP contribution is 2.09. The predicted molar refractivity (Wildman–Crippen MR) is 53.5 cm³/mol. The Kier molecular flexibility index (Phi) is 6.82. The van der Waals surface area contributed by atoms with E-state index in [4.69, 9.17) is 16.3 Å². The van der Waals surface area contributed by atoms with Crippen molar-refractivity contribution >= 4 is 11.6 Å². The lowest BCUT2D eigenvalue weighted by Crippen LogP contribution is -1.84. The summed E-state index contributed by atoms with van der Waals surface area (Å²) in [5.41, 5.74) is 1.15. The van der Waals surface area contributed by atoms with Crippen molar-refractivity contribution in [1.82, 2.24) is 0 Å². The third-order valence-corrected chi connectivity index (χ3v) is 1.48. The van der Waals surface area contributed by atoms with Gasteiger partial charge in [0.15, 0.2) is 0 Å². The quantitative estimate of drug-likeness (QED) is 0.687. The molecule has 0 aliphatic heterocycles. The lowest BCUT2D eigenvalue weighted by atomic mass is 10.2. The van der Waals surface area contributed by atoms with E-state index in [-0.39, 0.29) is 0 Å². The van der Waals surface area contributed by atoms with Crippen molar-refractivity contribution in [1.29, 1.82) is 0 Å². The van der Waals surface area contributed by atoms with Crippen molar-refractivity contribution < 1.29 is 4.74 Å². The maximum Gasteiger partial charge on any atom is 0.0713 e. The summed E-state index contributed by atoms with van der Waals surface area (Å²) in [5.74, 6) is 0.